The second-order valence-corrected chi connectivity index (χ2v) is 10.3. The summed E-state index contributed by atoms with van der Waals surface area (Å²) in [4.78, 5) is 0. The molecule has 0 atom stereocenters. The standard InChI is InChI=1S/C10H6F12Si2/c11-7(12,13)23(8(14,15)16)5-3-1-2-4-6(5)24(9(17,18)19)10(20,21)22/h1-4,23-24H. The number of benzene rings is 1. The molecule has 0 aliphatic rings. The van der Waals surface area contributed by atoms with Crippen LogP contribution in [0.25, 0.3) is 0 Å². The zero-order chi connectivity index (χ0) is 19.1. The molecule has 0 aliphatic heterocycles. The molecule has 0 nitrogen and oxygen atoms in total. The minimum Gasteiger partial charge on any atom is -0.176 e. The van der Waals surface area contributed by atoms with Crippen molar-refractivity contribution in [2.75, 3.05) is 0 Å². The number of halogens is 12. The Morgan fingerprint density at radius 2 is 0.667 bits per heavy atom. The SMILES string of the molecule is FC(F)(F)[SiH](c1ccccc1[SiH](C(F)(F)F)C(F)(F)F)C(F)(F)F. The Kier molecular flexibility index (Phi) is 5.45. The van der Waals surface area contributed by atoms with Gasteiger partial charge in [0.05, 0.1) is 0 Å². The van der Waals surface area contributed by atoms with E-state index < -0.39 is 51.2 Å². The maximum Gasteiger partial charge on any atom is 0.373 e. The van der Waals surface area contributed by atoms with Gasteiger partial charge in [0.15, 0.2) is 0 Å². The van der Waals surface area contributed by atoms with Crippen LogP contribution in [0.15, 0.2) is 24.3 Å². The molecule has 0 fully saturated rings. The summed E-state index contributed by atoms with van der Waals surface area (Å²) in [6.45, 7) is 0. The first-order valence-electron chi connectivity index (χ1n) is 5.83. The van der Waals surface area contributed by atoms with Gasteiger partial charge in [-0.1, -0.05) is 24.3 Å². The van der Waals surface area contributed by atoms with Crippen LogP contribution in [-0.4, -0.2) is 40.8 Å². The van der Waals surface area contributed by atoms with Gasteiger partial charge in [-0.25, -0.2) is 0 Å². The predicted molar refractivity (Wildman–Crippen MR) is 64.2 cm³/mol. The summed E-state index contributed by atoms with van der Waals surface area (Å²) >= 11 is 0. The van der Waals surface area contributed by atoms with Crippen molar-refractivity contribution in [2.45, 2.75) is 23.2 Å². The van der Waals surface area contributed by atoms with Gasteiger partial charge in [-0.2, -0.15) is 52.7 Å². The molecule has 0 saturated heterocycles. The lowest BCUT2D eigenvalue weighted by Gasteiger charge is -2.28. The average Bonchev–Trinajstić information content (AvgIpc) is 2.23. The number of hydrogen-bond donors (Lipinski definition) is 0. The van der Waals surface area contributed by atoms with Gasteiger partial charge in [0.25, 0.3) is 0 Å². The van der Waals surface area contributed by atoms with E-state index in [2.05, 4.69) is 0 Å². The third kappa shape index (κ3) is 4.67. The Hall–Kier alpha value is -1.19. The van der Waals surface area contributed by atoms with Crippen molar-refractivity contribution in [2.24, 2.45) is 0 Å². The molecule has 24 heavy (non-hydrogen) atoms. The highest BCUT2D eigenvalue weighted by atomic mass is 28.3. The molecule has 1 rings (SSSR count). The summed E-state index contributed by atoms with van der Waals surface area (Å²) in [5, 5.41) is -3.88. The van der Waals surface area contributed by atoms with Gasteiger partial charge in [-0.15, -0.1) is 0 Å². The molecule has 0 aromatic heterocycles. The van der Waals surface area contributed by atoms with Gasteiger partial charge in [0.2, 0.25) is 0 Å². The van der Waals surface area contributed by atoms with Crippen molar-refractivity contribution in [3.63, 3.8) is 0 Å². The summed E-state index contributed by atoms with van der Waals surface area (Å²) in [5.41, 5.74) is 0. The van der Waals surface area contributed by atoms with Crippen molar-refractivity contribution >= 4 is 28.0 Å². The highest BCUT2D eigenvalue weighted by Crippen LogP contribution is 2.34. The Balaban J connectivity index is 3.71. The van der Waals surface area contributed by atoms with Crippen LogP contribution in [0.3, 0.4) is 0 Å². The highest BCUT2D eigenvalue weighted by molar-refractivity contribution is 6.87. The lowest BCUT2D eigenvalue weighted by Crippen LogP contribution is -2.67. The molecule has 0 heterocycles. The first-order valence-corrected chi connectivity index (χ1v) is 9.29. The van der Waals surface area contributed by atoms with Crippen LogP contribution in [-0.2, 0) is 0 Å². The van der Waals surface area contributed by atoms with E-state index in [0.717, 1.165) is 0 Å². The lowest BCUT2D eigenvalue weighted by atomic mass is 10.4. The molecular weight excluding hydrogens is 404 g/mol. The zero-order valence-electron chi connectivity index (χ0n) is 11.0. The van der Waals surface area contributed by atoms with Crippen LogP contribution in [0.1, 0.15) is 0 Å². The normalized spacial score (nSPS) is 14.6. The van der Waals surface area contributed by atoms with Gasteiger partial charge in [0, 0.05) is 0 Å². The molecule has 0 radical (unpaired) electrons. The molecule has 14 heteroatoms. The molecule has 0 aliphatic carbocycles. The molecule has 1 aromatic rings. The fourth-order valence-electron chi connectivity index (χ4n) is 2.11. The molecule has 0 bridgehead atoms. The predicted octanol–water partition coefficient (Wildman–Crippen LogP) is 2.96. The van der Waals surface area contributed by atoms with Gasteiger partial charge < -0.3 is 0 Å². The van der Waals surface area contributed by atoms with Crippen molar-refractivity contribution < 1.29 is 52.7 Å². The van der Waals surface area contributed by atoms with Crippen LogP contribution in [0.4, 0.5) is 52.7 Å². The van der Waals surface area contributed by atoms with Crippen LogP contribution in [0.5, 0.6) is 0 Å². The Morgan fingerprint density at radius 1 is 0.458 bits per heavy atom. The smallest absolute Gasteiger partial charge is 0.176 e. The van der Waals surface area contributed by atoms with E-state index in [9.17, 15) is 52.7 Å². The fourth-order valence-corrected chi connectivity index (χ4v) is 6.73. The third-order valence-corrected chi connectivity index (χ3v) is 8.17. The Bertz CT molecular complexity index is 488. The molecule has 0 amide bonds. The van der Waals surface area contributed by atoms with Crippen LogP contribution in [0.2, 0.25) is 0 Å². The highest BCUT2D eigenvalue weighted by Gasteiger charge is 2.65. The van der Waals surface area contributed by atoms with Crippen molar-refractivity contribution in [1.82, 2.24) is 0 Å². The number of rotatable bonds is 2. The van der Waals surface area contributed by atoms with E-state index in [1.165, 1.54) is 0 Å². The van der Waals surface area contributed by atoms with Crippen LogP contribution < -0.4 is 10.4 Å². The minimum absolute atomic E-state index is 0.0463. The van der Waals surface area contributed by atoms with E-state index in [4.69, 9.17) is 0 Å². The number of hydrogen-bond acceptors (Lipinski definition) is 0. The maximum absolute atomic E-state index is 12.7. The lowest BCUT2D eigenvalue weighted by molar-refractivity contribution is -0.104. The van der Waals surface area contributed by atoms with Crippen molar-refractivity contribution in [3.8, 4) is 0 Å². The van der Waals surface area contributed by atoms with E-state index in [1.54, 1.807) is 0 Å². The van der Waals surface area contributed by atoms with E-state index in [1.807, 2.05) is 0 Å². The van der Waals surface area contributed by atoms with Crippen LogP contribution in [0, 0.1) is 0 Å². The zero-order valence-corrected chi connectivity index (χ0v) is 13.3. The second-order valence-electron chi connectivity index (χ2n) is 4.66. The molecule has 138 valence electrons. The maximum atomic E-state index is 12.7. The van der Waals surface area contributed by atoms with E-state index >= 15 is 0 Å². The van der Waals surface area contributed by atoms with Gasteiger partial charge in [-0.05, 0) is 10.4 Å². The topological polar surface area (TPSA) is 0 Å². The van der Waals surface area contributed by atoms with Gasteiger partial charge in [0.1, 0.15) is 0 Å². The number of alkyl halides is 12. The molecule has 0 unspecified atom stereocenters. The fraction of sp³-hybridized carbons (Fsp3) is 0.400. The van der Waals surface area contributed by atoms with E-state index in [0.29, 0.717) is 12.1 Å². The molecule has 0 saturated carbocycles. The summed E-state index contributed by atoms with van der Waals surface area (Å²) in [5.74, 6) is -23.9. The quantitative estimate of drug-likeness (QED) is 0.520. The summed E-state index contributed by atoms with van der Waals surface area (Å²) < 4.78 is 153. The van der Waals surface area contributed by atoms with Crippen molar-refractivity contribution in [1.29, 1.82) is 0 Å². The van der Waals surface area contributed by atoms with E-state index in [-0.39, 0.29) is 12.1 Å². The molecule has 0 spiro atoms. The van der Waals surface area contributed by atoms with Gasteiger partial charge in [-0.3, -0.25) is 0 Å². The molecule has 0 N–H and O–H groups in total. The average molecular weight is 410 g/mol. The third-order valence-electron chi connectivity index (χ3n) is 2.93. The Morgan fingerprint density at radius 3 is 0.833 bits per heavy atom. The molecular formula is C10H6F12Si2. The Labute approximate surface area is 129 Å². The molecule has 1 aromatic carbocycles. The summed E-state index contributed by atoms with van der Waals surface area (Å²) in [6.07, 6.45) is 0. The van der Waals surface area contributed by atoms with Crippen LogP contribution >= 0.6 is 0 Å². The summed E-state index contributed by atoms with van der Waals surface area (Å²) in [6, 6.07) is 1.19. The first kappa shape index (κ1) is 20.9. The van der Waals surface area contributed by atoms with Crippen molar-refractivity contribution in [3.05, 3.63) is 24.3 Å². The van der Waals surface area contributed by atoms with Gasteiger partial charge >= 0.3 is 40.8 Å². The first-order chi connectivity index (χ1) is 10.5. The monoisotopic (exact) mass is 410 g/mol. The summed E-state index contributed by atoms with van der Waals surface area (Å²) in [7, 11) is -12.3. The largest absolute Gasteiger partial charge is 0.373 e. The second kappa shape index (κ2) is 6.27. The minimum atomic E-state index is -6.17.